The number of halogens is 15. The van der Waals surface area contributed by atoms with E-state index in [0.29, 0.717) is 0 Å². The number of hydrogen-bond acceptors (Lipinski definition) is 0. The molecule has 0 amide bonds. The molecule has 0 saturated heterocycles. The molecule has 0 radical (unpaired) electrons. The lowest BCUT2D eigenvalue weighted by Gasteiger charge is -2.62. The minimum absolute atomic E-state index is 3.90. The summed E-state index contributed by atoms with van der Waals surface area (Å²) >= 11 is 0. The van der Waals surface area contributed by atoms with Crippen LogP contribution >= 0.6 is 0 Å². The van der Waals surface area contributed by atoms with E-state index in [0.717, 1.165) is 0 Å². The van der Waals surface area contributed by atoms with Gasteiger partial charge in [-0.3, -0.25) is 0 Å². The molecule has 0 aromatic rings. The number of rotatable bonds is 1. The lowest BCUT2D eigenvalue weighted by atomic mass is 9.54. The third-order valence-corrected chi connectivity index (χ3v) is 4.44. The first-order valence-corrected chi connectivity index (χ1v) is 5.88. The van der Waals surface area contributed by atoms with Crippen molar-refractivity contribution in [3.05, 3.63) is 0 Å². The zero-order chi connectivity index (χ0) is 20.3. The van der Waals surface area contributed by atoms with Gasteiger partial charge in [0.25, 0.3) is 5.67 Å². The first kappa shape index (κ1) is 20.3. The maximum absolute atomic E-state index is 14.0. The van der Waals surface area contributed by atoms with Crippen molar-refractivity contribution in [3.63, 3.8) is 0 Å². The predicted molar refractivity (Wildman–Crippen MR) is 46.8 cm³/mol. The van der Waals surface area contributed by atoms with Gasteiger partial charge in [-0.1, -0.05) is 0 Å². The van der Waals surface area contributed by atoms with Crippen molar-refractivity contribution >= 4 is 0 Å². The van der Waals surface area contributed by atoms with Crippen LogP contribution in [-0.2, 0) is 0 Å². The Kier molecular flexibility index (Phi) is 3.45. The van der Waals surface area contributed by atoms with Crippen molar-refractivity contribution in [1.82, 2.24) is 0 Å². The van der Waals surface area contributed by atoms with Crippen LogP contribution in [0.5, 0.6) is 0 Å². The Morgan fingerprint density at radius 2 is 0.880 bits per heavy atom. The highest BCUT2D eigenvalue weighted by Crippen LogP contribution is 2.78. The van der Waals surface area contributed by atoms with Gasteiger partial charge in [-0.25, -0.2) is 30.7 Å². The number of hydrogen-bond donors (Lipinski definition) is 0. The highest BCUT2D eigenvalue weighted by Gasteiger charge is 3.08. The summed E-state index contributed by atoms with van der Waals surface area (Å²) in [5.74, 6) is -50.4. The first-order valence-electron chi connectivity index (χ1n) is 5.88. The summed E-state index contributed by atoms with van der Waals surface area (Å²) in [5.41, 5.74) is -14.3. The fraction of sp³-hybridized carbons (Fsp3) is 1.00. The second kappa shape index (κ2) is 4.26. The molecule has 0 heterocycles. The fourth-order valence-corrected chi connectivity index (χ4v) is 2.99. The molecule has 25 heavy (non-hydrogen) atoms. The van der Waals surface area contributed by atoms with Crippen molar-refractivity contribution in [2.75, 3.05) is 6.67 Å². The van der Waals surface area contributed by atoms with Gasteiger partial charge in [-0.15, -0.1) is 0 Å². The molecule has 2 bridgehead atoms. The monoisotopic (exact) mass is 408 g/mol. The van der Waals surface area contributed by atoms with Crippen LogP contribution in [0.1, 0.15) is 0 Å². The summed E-state index contributed by atoms with van der Waals surface area (Å²) in [6.07, 6.45) is 0. The molecule has 2 fully saturated rings. The van der Waals surface area contributed by atoms with Crippen LogP contribution in [0.2, 0.25) is 0 Å². The highest BCUT2D eigenvalue weighted by atomic mass is 19.4. The van der Waals surface area contributed by atoms with E-state index in [2.05, 4.69) is 0 Å². The molecule has 0 nitrogen and oxygen atoms in total. The van der Waals surface area contributed by atoms with Gasteiger partial charge in [0.1, 0.15) is 6.67 Å². The van der Waals surface area contributed by atoms with Crippen molar-refractivity contribution in [1.29, 1.82) is 0 Å². The van der Waals surface area contributed by atoms with Gasteiger partial charge in [-0.2, -0.15) is 35.1 Å². The fourth-order valence-electron chi connectivity index (χ4n) is 2.99. The molecule has 0 aromatic carbocycles. The Hall–Kier alpha value is -1.05. The Labute approximate surface area is 126 Å². The van der Waals surface area contributed by atoms with Gasteiger partial charge in [-0.05, 0) is 0 Å². The topological polar surface area (TPSA) is 0 Å². The summed E-state index contributed by atoms with van der Waals surface area (Å²) in [4.78, 5) is 0. The Morgan fingerprint density at radius 1 is 0.480 bits per heavy atom. The van der Waals surface area contributed by atoms with Crippen molar-refractivity contribution in [2.24, 2.45) is 5.92 Å². The average Bonchev–Trinajstić information content (AvgIpc) is 2.40. The number of alkyl halides is 15. The summed E-state index contributed by atoms with van der Waals surface area (Å²) < 4.78 is 201. The van der Waals surface area contributed by atoms with Gasteiger partial charge >= 0.3 is 41.2 Å². The van der Waals surface area contributed by atoms with Gasteiger partial charge in [0.15, 0.2) is 5.92 Å². The molecule has 2 saturated carbocycles. The molecule has 148 valence electrons. The van der Waals surface area contributed by atoms with E-state index in [9.17, 15) is 65.9 Å². The van der Waals surface area contributed by atoms with Gasteiger partial charge < -0.3 is 0 Å². The zero-order valence-corrected chi connectivity index (χ0v) is 11.0. The van der Waals surface area contributed by atoms with Gasteiger partial charge in [0.2, 0.25) is 0 Å². The van der Waals surface area contributed by atoms with E-state index in [-0.39, 0.29) is 0 Å². The molecule has 0 aliphatic heterocycles. The van der Waals surface area contributed by atoms with Gasteiger partial charge in [0.05, 0.1) is 0 Å². The van der Waals surface area contributed by atoms with Gasteiger partial charge in [0, 0.05) is 0 Å². The average molecular weight is 408 g/mol. The molecule has 0 N–H and O–H groups in total. The van der Waals surface area contributed by atoms with Crippen LogP contribution in [0, 0.1) is 5.92 Å². The second-order valence-corrected chi connectivity index (χ2v) is 5.62. The minimum atomic E-state index is -7.75. The van der Waals surface area contributed by atoms with E-state index in [4.69, 9.17) is 0 Å². The van der Waals surface area contributed by atoms with Crippen LogP contribution in [-0.4, -0.2) is 53.5 Å². The summed E-state index contributed by atoms with van der Waals surface area (Å²) in [5, 5.41) is 0. The summed E-state index contributed by atoms with van der Waals surface area (Å²) in [6.45, 7) is -3.90. The third-order valence-electron chi connectivity index (χ3n) is 4.44. The first-order chi connectivity index (χ1) is 10.7. The zero-order valence-electron chi connectivity index (χ0n) is 11.0. The molecule has 0 aromatic heterocycles. The smallest absolute Gasteiger partial charge is 0.247 e. The van der Waals surface area contributed by atoms with Crippen LogP contribution in [0.25, 0.3) is 0 Å². The Balaban J connectivity index is 3.09. The van der Waals surface area contributed by atoms with Crippen molar-refractivity contribution in [2.45, 2.75) is 46.9 Å². The number of fused-ring (bicyclic) bond motifs is 2. The normalized spacial score (nSPS) is 45.0. The molecule has 3 unspecified atom stereocenters. The Bertz CT molecular complexity index is 593. The van der Waals surface area contributed by atoms with E-state index in [1.807, 2.05) is 0 Å². The van der Waals surface area contributed by atoms with Crippen molar-refractivity contribution in [3.8, 4) is 0 Å². The van der Waals surface area contributed by atoms with Crippen LogP contribution in [0.4, 0.5) is 65.9 Å². The molecule has 15 heteroatoms. The maximum Gasteiger partial charge on any atom is 0.376 e. The second-order valence-electron chi connectivity index (χ2n) is 5.62. The van der Waals surface area contributed by atoms with E-state index < -0.39 is 59.5 Å². The largest absolute Gasteiger partial charge is 0.376 e. The summed E-state index contributed by atoms with van der Waals surface area (Å²) in [6, 6.07) is 0. The highest BCUT2D eigenvalue weighted by molar-refractivity contribution is 5.37. The van der Waals surface area contributed by atoms with Crippen LogP contribution in [0.15, 0.2) is 0 Å². The lowest BCUT2D eigenvalue weighted by molar-refractivity contribution is -0.527. The standard InChI is InChI=1S/C10H3F15/c11-1-3(12)4(13,14)2-5(15,16)7(19,8(3,20)21)10(24,25)9(22,23)6(2,17)18/h2H,1H2. The van der Waals surface area contributed by atoms with Crippen molar-refractivity contribution < 1.29 is 65.9 Å². The molecule has 3 atom stereocenters. The van der Waals surface area contributed by atoms with Crippen LogP contribution < -0.4 is 0 Å². The van der Waals surface area contributed by atoms with E-state index >= 15 is 0 Å². The molecular formula is C10H3F15. The third kappa shape index (κ3) is 1.46. The van der Waals surface area contributed by atoms with E-state index in [1.54, 1.807) is 0 Å². The molecule has 2 aliphatic rings. The minimum Gasteiger partial charge on any atom is -0.247 e. The molecule has 0 spiro atoms. The molecular weight excluding hydrogens is 405 g/mol. The van der Waals surface area contributed by atoms with Crippen LogP contribution in [0.3, 0.4) is 0 Å². The maximum atomic E-state index is 14.0. The predicted octanol–water partition coefficient (Wildman–Crippen LogP) is 4.83. The SMILES string of the molecule is FCC1(F)C(F)(F)C2C(F)(F)C(F)(F)C(F)(F)C(F)(C2(F)F)C1(F)F. The quantitative estimate of drug-likeness (QED) is 0.546. The Morgan fingerprint density at radius 3 is 1.24 bits per heavy atom. The summed E-state index contributed by atoms with van der Waals surface area (Å²) in [7, 11) is 0. The molecule has 2 aliphatic carbocycles. The lowest BCUT2D eigenvalue weighted by Crippen LogP contribution is -2.93. The molecule has 2 rings (SSSR count). The van der Waals surface area contributed by atoms with E-state index in [1.165, 1.54) is 0 Å².